The number of rotatable bonds is 5. The lowest BCUT2D eigenvalue weighted by Gasteiger charge is -2.11. The van der Waals surface area contributed by atoms with Crippen molar-refractivity contribution in [1.82, 2.24) is 14.5 Å². The molecule has 0 saturated carbocycles. The van der Waals surface area contributed by atoms with Gasteiger partial charge in [-0.3, -0.25) is 4.98 Å². The third-order valence-corrected chi connectivity index (χ3v) is 5.34. The van der Waals surface area contributed by atoms with Crippen LogP contribution in [-0.4, -0.2) is 25.6 Å². The molecule has 0 atom stereocenters. The van der Waals surface area contributed by atoms with Gasteiger partial charge in [0.15, 0.2) is 0 Å². The number of carbonyl (C=O) groups is 1. The molecule has 5 nitrogen and oxygen atoms in total. The Labute approximate surface area is 179 Å². The van der Waals surface area contributed by atoms with Crippen molar-refractivity contribution in [3.63, 3.8) is 0 Å². The molecule has 0 spiro atoms. The molecule has 0 aliphatic rings. The van der Waals surface area contributed by atoms with Crippen LogP contribution in [0.15, 0.2) is 97.3 Å². The predicted molar refractivity (Wildman–Crippen MR) is 121 cm³/mol. The minimum Gasteiger partial charge on any atom is -0.478 e. The summed E-state index contributed by atoms with van der Waals surface area (Å²) in [5, 5.41) is 9.48. The Morgan fingerprint density at radius 3 is 2.39 bits per heavy atom. The number of imidazole rings is 1. The van der Waals surface area contributed by atoms with E-state index in [2.05, 4.69) is 15.6 Å². The highest BCUT2D eigenvalue weighted by molar-refractivity contribution is 5.96. The van der Waals surface area contributed by atoms with Crippen molar-refractivity contribution in [2.75, 3.05) is 0 Å². The summed E-state index contributed by atoms with van der Waals surface area (Å²) in [4.78, 5) is 20.6. The molecular formula is C26H19N3O2. The van der Waals surface area contributed by atoms with Gasteiger partial charge in [0.2, 0.25) is 0 Å². The fourth-order valence-corrected chi connectivity index (χ4v) is 3.84. The smallest absolute Gasteiger partial charge is 0.336 e. The first-order chi connectivity index (χ1) is 15.2. The average Bonchev–Trinajstić information content (AvgIpc) is 3.18. The maximum absolute atomic E-state index is 11.6. The van der Waals surface area contributed by atoms with Crippen LogP contribution in [0, 0.1) is 0 Å². The van der Waals surface area contributed by atoms with Crippen molar-refractivity contribution < 1.29 is 9.90 Å². The number of hydrogen-bond donors (Lipinski definition) is 1. The minimum absolute atomic E-state index is 0.301. The molecule has 2 heterocycles. The van der Waals surface area contributed by atoms with Gasteiger partial charge in [-0.05, 0) is 47.0 Å². The Morgan fingerprint density at radius 2 is 1.61 bits per heavy atom. The number of para-hydroxylation sites is 2. The van der Waals surface area contributed by atoms with Gasteiger partial charge in [0.05, 0.1) is 16.6 Å². The second-order valence-corrected chi connectivity index (χ2v) is 7.30. The van der Waals surface area contributed by atoms with Gasteiger partial charge >= 0.3 is 5.97 Å². The van der Waals surface area contributed by atoms with E-state index in [0.717, 1.165) is 33.5 Å². The zero-order chi connectivity index (χ0) is 21.2. The molecule has 1 N–H and O–H groups in total. The van der Waals surface area contributed by atoms with Gasteiger partial charge in [0.1, 0.15) is 5.82 Å². The summed E-state index contributed by atoms with van der Waals surface area (Å²) < 4.78 is 2.19. The van der Waals surface area contributed by atoms with Crippen LogP contribution < -0.4 is 0 Å². The van der Waals surface area contributed by atoms with E-state index in [-0.39, 0.29) is 0 Å². The zero-order valence-corrected chi connectivity index (χ0v) is 16.6. The summed E-state index contributed by atoms with van der Waals surface area (Å²) in [6.07, 6.45) is 3.58. The molecule has 31 heavy (non-hydrogen) atoms. The van der Waals surface area contributed by atoms with Gasteiger partial charge < -0.3 is 9.67 Å². The van der Waals surface area contributed by atoms with Crippen LogP contribution in [0.1, 0.15) is 15.9 Å². The molecule has 5 aromatic rings. The maximum Gasteiger partial charge on any atom is 0.336 e. The highest BCUT2D eigenvalue weighted by Gasteiger charge is 2.14. The first-order valence-electron chi connectivity index (χ1n) is 9.98. The molecule has 0 bridgehead atoms. The third kappa shape index (κ3) is 3.57. The van der Waals surface area contributed by atoms with Crippen LogP contribution in [0.4, 0.5) is 0 Å². The summed E-state index contributed by atoms with van der Waals surface area (Å²) in [5.74, 6) is -0.0553. The number of carboxylic acid groups (broad SMARTS) is 1. The topological polar surface area (TPSA) is 68.0 Å². The van der Waals surface area contributed by atoms with Gasteiger partial charge in [-0.15, -0.1) is 0 Å². The van der Waals surface area contributed by atoms with E-state index < -0.39 is 5.97 Å². The molecule has 0 amide bonds. The largest absolute Gasteiger partial charge is 0.478 e. The van der Waals surface area contributed by atoms with Gasteiger partial charge in [-0.25, -0.2) is 9.78 Å². The van der Waals surface area contributed by atoms with Crippen LogP contribution >= 0.6 is 0 Å². The van der Waals surface area contributed by atoms with Crippen LogP contribution in [0.2, 0.25) is 0 Å². The number of nitrogens with zero attached hydrogens (tertiary/aromatic N) is 3. The summed E-state index contributed by atoms with van der Waals surface area (Å²) in [6, 6.07) is 27.1. The molecule has 0 unspecified atom stereocenters. The van der Waals surface area contributed by atoms with Crippen molar-refractivity contribution in [2.24, 2.45) is 0 Å². The number of fused-ring (bicyclic) bond motifs is 1. The standard InChI is InChI=1S/C26H19N3O2/c30-26(31)22-8-2-1-7-21(22)19-13-11-18(12-14-19)17-29-24-10-4-3-9-23(24)28-25(29)20-6-5-15-27-16-20/h1-16H,17H2,(H,30,31). The van der Waals surface area contributed by atoms with Crippen molar-refractivity contribution in [1.29, 1.82) is 0 Å². The molecule has 2 aromatic heterocycles. The van der Waals surface area contributed by atoms with E-state index in [1.807, 2.05) is 72.9 Å². The maximum atomic E-state index is 11.6. The number of benzene rings is 3. The van der Waals surface area contributed by atoms with Gasteiger partial charge in [-0.1, -0.05) is 54.6 Å². The van der Waals surface area contributed by atoms with E-state index in [4.69, 9.17) is 4.98 Å². The molecule has 5 rings (SSSR count). The van der Waals surface area contributed by atoms with Crippen molar-refractivity contribution in [3.8, 4) is 22.5 Å². The monoisotopic (exact) mass is 405 g/mol. The molecule has 3 aromatic carbocycles. The molecule has 0 fully saturated rings. The number of carboxylic acids is 1. The quantitative estimate of drug-likeness (QED) is 0.418. The molecule has 150 valence electrons. The highest BCUT2D eigenvalue weighted by Crippen LogP contribution is 2.27. The third-order valence-electron chi connectivity index (χ3n) is 5.34. The first-order valence-corrected chi connectivity index (χ1v) is 9.98. The number of aromatic nitrogens is 3. The molecule has 0 radical (unpaired) electrons. The molecule has 0 aliphatic heterocycles. The predicted octanol–water partition coefficient (Wildman–Crippen LogP) is 5.51. The Balaban J connectivity index is 1.53. The molecular weight excluding hydrogens is 386 g/mol. The van der Waals surface area contributed by atoms with Crippen LogP contribution in [0.3, 0.4) is 0 Å². The summed E-state index contributed by atoms with van der Waals surface area (Å²) in [5.41, 5.74) is 5.95. The Kier molecular flexibility index (Phi) is 4.77. The van der Waals surface area contributed by atoms with Crippen molar-refractivity contribution in [3.05, 3.63) is 108 Å². The van der Waals surface area contributed by atoms with E-state index >= 15 is 0 Å². The number of pyridine rings is 1. The average molecular weight is 405 g/mol. The molecule has 0 saturated heterocycles. The lowest BCUT2D eigenvalue weighted by atomic mass is 9.99. The van der Waals surface area contributed by atoms with Crippen molar-refractivity contribution >= 4 is 17.0 Å². The first kappa shape index (κ1) is 18.8. The van der Waals surface area contributed by atoms with Crippen LogP contribution in [0.25, 0.3) is 33.5 Å². The van der Waals surface area contributed by atoms with Gasteiger partial charge in [0.25, 0.3) is 0 Å². The summed E-state index contributed by atoms with van der Waals surface area (Å²) in [6.45, 7) is 0.644. The minimum atomic E-state index is -0.925. The number of hydrogen-bond acceptors (Lipinski definition) is 3. The summed E-state index contributed by atoms with van der Waals surface area (Å²) in [7, 11) is 0. The summed E-state index contributed by atoms with van der Waals surface area (Å²) >= 11 is 0. The van der Waals surface area contributed by atoms with E-state index in [0.29, 0.717) is 17.7 Å². The zero-order valence-electron chi connectivity index (χ0n) is 16.6. The Bertz CT molecular complexity index is 1370. The highest BCUT2D eigenvalue weighted by atomic mass is 16.4. The Hall–Kier alpha value is -4.25. The van der Waals surface area contributed by atoms with E-state index in [9.17, 15) is 9.90 Å². The van der Waals surface area contributed by atoms with Crippen molar-refractivity contribution in [2.45, 2.75) is 6.54 Å². The second kappa shape index (κ2) is 7.88. The van der Waals surface area contributed by atoms with Crippen LogP contribution in [0.5, 0.6) is 0 Å². The van der Waals surface area contributed by atoms with E-state index in [1.165, 1.54) is 0 Å². The SMILES string of the molecule is O=C(O)c1ccccc1-c1ccc(Cn2c(-c3cccnc3)nc3ccccc32)cc1. The lowest BCUT2D eigenvalue weighted by Crippen LogP contribution is -2.03. The normalized spacial score (nSPS) is 11.0. The Morgan fingerprint density at radius 1 is 0.839 bits per heavy atom. The molecule has 0 aliphatic carbocycles. The molecule has 5 heteroatoms. The fraction of sp³-hybridized carbons (Fsp3) is 0.0385. The van der Waals surface area contributed by atoms with Gasteiger partial charge in [-0.2, -0.15) is 0 Å². The lowest BCUT2D eigenvalue weighted by molar-refractivity contribution is 0.0697. The van der Waals surface area contributed by atoms with Gasteiger partial charge in [0, 0.05) is 24.5 Å². The van der Waals surface area contributed by atoms with E-state index in [1.54, 1.807) is 18.3 Å². The fourth-order valence-electron chi connectivity index (χ4n) is 3.84. The number of aromatic carboxylic acids is 1. The van der Waals surface area contributed by atoms with Crippen LogP contribution in [-0.2, 0) is 6.54 Å². The second-order valence-electron chi connectivity index (χ2n) is 7.30.